The largest absolute Gasteiger partial charge is 0.454 e. The van der Waals surface area contributed by atoms with Crippen LogP contribution in [0.15, 0.2) is 41.3 Å². The summed E-state index contributed by atoms with van der Waals surface area (Å²) < 4.78 is 10.8. The maximum Gasteiger partial charge on any atom is 0.233 e. The number of ether oxygens (including phenoxy) is 2. The van der Waals surface area contributed by atoms with Crippen LogP contribution < -0.4 is 14.4 Å². The van der Waals surface area contributed by atoms with E-state index in [0.717, 1.165) is 44.2 Å². The lowest BCUT2D eigenvalue weighted by molar-refractivity contribution is -0.917. The third-order valence-electron chi connectivity index (χ3n) is 5.40. The van der Waals surface area contributed by atoms with Crippen molar-refractivity contribution in [2.75, 3.05) is 38.7 Å². The minimum absolute atomic E-state index is 0.243. The highest BCUT2D eigenvalue weighted by atomic mass is 32.2. The quantitative estimate of drug-likeness (QED) is 0.782. The van der Waals surface area contributed by atoms with Crippen LogP contribution in [0, 0.1) is 13.8 Å². The van der Waals surface area contributed by atoms with Crippen LogP contribution in [0.2, 0.25) is 0 Å². The second kappa shape index (κ2) is 8.45. The van der Waals surface area contributed by atoms with E-state index in [4.69, 9.17) is 9.47 Å². The number of amides is 1. The molecule has 148 valence electrons. The topological polar surface area (TPSA) is 43.2 Å². The molecular formula is C22H27N2O3S+. The average molecular weight is 400 g/mol. The summed E-state index contributed by atoms with van der Waals surface area (Å²) in [5, 5.41) is 0. The van der Waals surface area contributed by atoms with Crippen molar-refractivity contribution in [3.05, 3.63) is 53.1 Å². The molecule has 6 heteroatoms. The number of benzene rings is 2. The van der Waals surface area contributed by atoms with Crippen LogP contribution in [0.25, 0.3) is 0 Å². The normalized spacial score (nSPS) is 16.4. The molecule has 0 atom stereocenters. The van der Waals surface area contributed by atoms with Crippen molar-refractivity contribution in [2.45, 2.75) is 25.3 Å². The summed E-state index contributed by atoms with van der Waals surface area (Å²) >= 11 is 1.65. The fraction of sp³-hybridized carbons (Fsp3) is 0.409. The summed E-state index contributed by atoms with van der Waals surface area (Å²) in [6, 6.07) is 12.6. The first-order valence-electron chi connectivity index (χ1n) is 9.78. The van der Waals surface area contributed by atoms with Crippen molar-refractivity contribution in [1.29, 1.82) is 0 Å². The molecule has 0 aliphatic carbocycles. The van der Waals surface area contributed by atoms with E-state index in [-0.39, 0.29) is 5.91 Å². The monoisotopic (exact) mass is 399 g/mol. The molecule has 2 aromatic carbocycles. The Morgan fingerprint density at radius 3 is 2.64 bits per heavy atom. The molecule has 1 fully saturated rings. The first-order valence-corrected chi connectivity index (χ1v) is 10.8. The predicted molar refractivity (Wildman–Crippen MR) is 110 cm³/mol. The van der Waals surface area contributed by atoms with Gasteiger partial charge in [0.05, 0.1) is 31.9 Å². The highest BCUT2D eigenvalue weighted by molar-refractivity contribution is 8.00. The molecule has 0 unspecified atom stereocenters. The van der Waals surface area contributed by atoms with E-state index in [1.165, 1.54) is 26.5 Å². The zero-order chi connectivity index (χ0) is 19.5. The van der Waals surface area contributed by atoms with E-state index in [2.05, 4.69) is 44.2 Å². The van der Waals surface area contributed by atoms with Gasteiger partial charge in [-0.1, -0.05) is 17.7 Å². The second-order valence-corrected chi connectivity index (χ2v) is 8.57. The molecule has 0 spiro atoms. The van der Waals surface area contributed by atoms with Gasteiger partial charge in [0.15, 0.2) is 11.5 Å². The van der Waals surface area contributed by atoms with Crippen molar-refractivity contribution in [1.82, 2.24) is 4.90 Å². The number of carbonyl (C=O) groups is 1. The Bertz CT molecular complexity index is 863. The number of hydrogen-bond donors (Lipinski definition) is 1. The van der Waals surface area contributed by atoms with Gasteiger partial charge in [-0.2, -0.15) is 0 Å². The van der Waals surface area contributed by atoms with Gasteiger partial charge < -0.3 is 19.3 Å². The van der Waals surface area contributed by atoms with E-state index in [0.29, 0.717) is 12.5 Å². The number of carbonyl (C=O) groups excluding carboxylic acids is 1. The summed E-state index contributed by atoms with van der Waals surface area (Å²) in [5.74, 6) is 2.43. The summed E-state index contributed by atoms with van der Waals surface area (Å²) in [7, 11) is 0. The zero-order valence-corrected chi connectivity index (χ0v) is 17.3. The van der Waals surface area contributed by atoms with Gasteiger partial charge in [-0.15, -0.1) is 11.8 Å². The summed E-state index contributed by atoms with van der Waals surface area (Å²) in [6.07, 6.45) is 0. The molecule has 0 saturated carbocycles. The molecule has 2 aliphatic rings. The molecular weight excluding hydrogens is 372 g/mol. The van der Waals surface area contributed by atoms with Crippen molar-refractivity contribution in [2.24, 2.45) is 0 Å². The minimum atomic E-state index is 0.243. The molecule has 28 heavy (non-hydrogen) atoms. The molecule has 2 heterocycles. The van der Waals surface area contributed by atoms with E-state index in [9.17, 15) is 4.79 Å². The van der Waals surface area contributed by atoms with Crippen molar-refractivity contribution in [3.8, 4) is 11.5 Å². The van der Waals surface area contributed by atoms with Crippen molar-refractivity contribution >= 4 is 17.7 Å². The highest BCUT2D eigenvalue weighted by Crippen LogP contribution is 2.32. The molecule has 5 nitrogen and oxygen atoms in total. The Kier molecular flexibility index (Phi) is 5.78. The van der Waals surface area contributed by atoms with Gasteiger partial charge in [0.1, 0.15) is 6.54 Å². The Balaban J connectivity index is 1.25. The molecule has 0 bridgehead atoms. The standard InChI is InChI=1S/C22H26N2O3S/c1-16-3-6-21(17(2)11-16)28-14-22(25)24-9-7-23(8-10-24)13-18-4-5-19-20(12-18)27-15-26-19/h3-6,11-12H,7-10,13-15H2,1-2H3/p+1. The lowest BCUT2D eigenvalue weighted by Crippen LogP contribution is -3.13. The Morgan fingerprint density at radius 1 is 1.07 bits per heavy atom. The Morgan fingerprint density at radius 2 is 1.86 bits per heavy atom. The van der Waals surface area contributed by atoms with Crippen molar-refractivity contribution < 1.29 is 19.2 Å². The minimum Gasteiger partial charge on any atom is -0.454 e. The lowest BCUT2D eigenvalue weighted by atomic mass is 10.1. The van der Waals surface area contributed by atoms with Crippen LogP contribution in [0.5, 0.6) is 11.5 Å². The van der Waals surface area contributed by atoms with Crippen LogP contribution >= 0.6 is 11.8 Å². The van der Waals surface area contributed by atoms with E-state index >= 15 is 0 Å². The summed E-state index contributed by atoms with van der Waals surface area (Å²) in [4.78, 5) is 17.3. The number of piperazine rings is 1. The number of aryl methyl sites for hydroxylation is 2. The molecule has 4 rings (SSSR count). The smallest absolute Gasteiger partial charge is 0.233 e. The fourth-order valence-corrected chi connectivity index (χ4v) is 4.69. The second-order valence-electron chi connectivity index (χ2n) is 7.55. The molecule has 0 radical (unpaired) electrons. The molecule has 1 amide bonds. The van der Waals surface area contributed by atoms with E-state index in [1.807, 2.05) is 11.0 Å². The SMILES string of the molecule is Cc1ccc(SCC(=O)N2CC[NH+](Cc3ccc4c(c3)OCO4)CC2)c(C)c1. The lowest BCUT2D eigenvalue weighted by Gasteiger charge is -2.32. The summed E-state index contributed by atoms with van der Waals surface area (Å²) in [6.45, 7) is 9.08. The van der Waals surface area contributed by atoms with Crippen molar-refractivity contribution in [3.63, 3.8) is 0 Å². The van der Waals surface area contributed by atoms with Gasteiger partial charge in [0, 0.05) is 10.5 Å². The van der Waals surface area contributed by atoms with Crippen LogP contribution in [-0.4, -0.2) is 49.5 Å². The summed E-state index contributed by atoms with van der Waals surface area (Å²) in [5.41, 5.74) is 3.76. The highest BCUT2D eigenvalue weighted by Gasteiger charge is 2.24. The predicted octanol–water partition coefficient (Wildman–Crippen LogP) is 2.05. The third kappa shape index (κ3) is 4.45. The number of thioether (sulfide) groups is 1. The fourth-order valence-electron chi connectivity index (χ4n) is 3.78. The van der Waals surface area contributed by atoms with E-state index < -0.39 is 0 Å². The van der Waals surface area contributed by atoms with Crippen LogP contribution in [0.4, 0.5) is 0 Å². The van der Waals surface area contributed by atoms with Crippen LogP contribution in [0.1, 0.15) is 16.7 Å². The maximum atomic E-state index is 12.6. The first kappa shape index (κ1) is 19.2. The van der Waals surface area contributed by atoms with Gasteiger partial charge in [-0.3, -0.25) is 4.79 Å². The van der Waals surface area contributed by atoms with Crippen LogP contribution in [0.3, 0.4) is 0 Å². The molecule has 0 aromatic heterocycles. The third-order valence-corrected chi connectivity index (χ3v) is 6.56. The number of nitrogens with one attached hydrogen (secondary N) is 1. The zero-order valence-electron chi connectivity index (χ0n) is 16.5. The van der Waals surface area contributed by atoms with Gasteiger partial charge >= 0.3 is 0 Å². The maximum absolute atomic E-state index is 12.6. The average Bonchev–Trinajstić information content (AvgIpc) is 3.15. The molecule has 1 N–H and O–H groups in total. The number of quaternary nitrogens is 1. The van der Waals surface area contributed by atoms with Gasteiger partial charge in [0.2, 0.25) is 12.7 Å². The molecule has 2 aromatic rings. The van der Waals surface area contributed by atoms with E-state index in [1.54, 1.807) is 11.8 Å². The number of nitrogens with zero attached hydrogens (tertiary/aromatic N) is 1. The number of fused-ring (bicyclic) bond motifs is 1. The molecule has 2 aliphatic heterocycles. The van der Waals surface area contributed by atoms with Crippen LogP contribution in [-0.2, 0) is 11.3 Å². The number of rotatable bonds is 5. The Labute approximate surface area is 170 Å². The van der Waals surface area contributed by atoms with Gasteiger partial charge in [0.25, 0.3) is 0 Å². The number of hydrogen-bond acceptors (Lipinski definition) is 4. The first-order chi connectivity index (χ1) is 13.6. The molecule has 1 saturated heterocycles. The van der Waals surface area contributed by atoms with Gasteiger partial charge in [-0.25, -0.2) is 0 Å². The Hall–Kier alpha value is -2.18. The van der Waals surface area contributed by atoms with Gasteiger partial charge in [-0.05, 0) is 43.7 Å².